The minimum absolute atomic E-state index is 0.0567. The molecule has 0 saturated carbocycles. The lowest BCUT2D eigenvalue weighted by Gasteiger charge is -2.14. The lowest BCUT2D eigenvalue weighted by molar-refractivity contribution is 0.711. The molecule has 4 aromatic rings. The Morgan fingerprint density at radius 1 is 0.921 bits per heavy atom. The molecule has 1 aromatic carbocycles. The number of fused-ring (bicyclic) bond motifs is 2. The Morgan fingerprint density at radius 3 is 2.32 bits per heavy atom. The first kappa shape index (κ1) is 25.1. The van der Waals surface area contributed by atoms with Crippen molar-refractivity contribution in [3.63, 3.8) is 0 Å². The monoisotopic (exact) mass is 513 g/mol. The second-order valence-electron chi connectivity index (χ2n) is 9.50. The maximum Gasteiger partial charge on any atom is 0.229 e. The van der Waals surface area contributed by atoms with Gasteiger partial charge in [-0.2, -0.15) is 15.0 Å². The fourth-order valence-electron chi connectivity index (χ4n) is 4.70. The summed E-state index contributed by atoms with van der Waals surface area (Å²) in [6, 6.07) is 8.29. The Labute approximate surface area is 221 Å². The summed E-state index contributed by atoms with van der Waals surface area (Å²) in [6.45, 7) is 4.55. The molecule has 1 atom stereocenters. The fraction of sp³-hybridized carbons (Fsp3) is 0.333. The molecule has 11 nitrogen and oxygen atoms in total. The van der Waals surface area contributed by atoms with Crippen LogP contribution in [0.3, 0.4) is 0 Å². The number of hydrogen-bond acceptors (Lipinski definition) is 7. The Hall–Kier alpha value is -4.54. The van der Waals surface area contributed by atoms with Crippen LogP contribution < -0.4 is 27.4 Å². The summed E-state index contributed by atoms with van der Waals surface area (Å²) in [6.07, 6.45) is 11.4. The number of nitrogens with zero attached hydrogens (tertiary/aromatic N) is 4. The van der Waals surface area contributed by atoms with Crippen molar-refractivity contribution >= 4 is 40.8 Å². The zero-order valence-corrected chi connectivity index (χ0v) is 21.6. The molecule has 198 valence electrons. The highest BCUT2D eigenvalue weighted by atomic mass is 15.3. The predicted molar refractivity (Wildman–Crippen MR) is 154 cm³/mol. The topological polar surface area (TPSA) is 171 Å². The van der Waals surface area contributed by atoms with Crippen molar-refractivity contribution in [1.82, 2.24) is 24.9 Å². The minimum Gasteiger partial charge on any atom is -0.370 e. The van der Waals surface area contributed by atoms with E-state index >= 15 is 0 Å². The van der Waals surface area contributed by atoms with Gasteiger partial charge in [-0.3, -0.25) is 4.99 Å². The first-order valence-corrected chi connectivity index (χ1v) is 13.0. The van der Waals surface area contributed by atoms with Gasteiger partial charge in [0.25, 0.3) is 0 Å². The molecule has 1 aliphatic carbocycles. The van der Waals surface area contributed by atoms with E-state index in [9.17, 15) is 0 Å². The number of rotatable bonds is 12. The van der Waals surface area contributed by atoms with Gasteiger partial charge in [-0.25, -0.2) is 0 Å². The highest BCUT2D eigenvalue weighted by Crippen LogP contribution is 2.25. The Kier molecular flexibility index (Phi) is 7.72. The second kappa shape index (κ2) is 11.7. The van der Waals surface area contributed by atoms with Crippen molar-refractivity contribution in [1.29, 1.82) is 0 Å². The van der Waals surface area contributed by atoms with Gasteiger partial charge in [0.15, 0.2) is 5.96 Å². The summed E-state index contributed by atoms with van der Waals surface area (Å²) >= 11 is 0. The molecule has 0 amide bonds. The quantitative estimate of drug-likeness (QED) is 0.0861. The molecule has 0 saturated heterocycles. The van der Waals surface area contributed by atoms with Crippen LogP contribution in [0.2, 0.25) is 0 Å². The molecule has 0 aliphatic heterocycles. The smallest absolute Gasteiger partial charge is 0.229 e. The van der Waals surface area contributed by atoms with E-state index < -0.39 is 0 Å². The average Bonchev–Trinajstić information content (AvgIpc) is 3.50. The van der Waals surface area contributed by atoms with Crippen molar-refractivity contribution in [3.05, 3.63) is 65.1 Å². The van der Waals surface area contributed by atoms with Gasteiger partial charge >= 0.3 is 0 Å². The van der Waals surface area contributed by atoms with Gasteiger partial charge in [0.1, 0.15) is 0 Å². The molecule has 0 fully saturated rings. The third-order valence-corrected chi connectivity index (χ3v) is 6.59. The normalized spacial score (nSPS) is 14.3. The van der Waals surface area contributed by atoms with Crippen molar-refractivity contribution in [2.24, 2.45) is 22.4 Å². The second-order valence-corrected chi connectivity index (χ2v) is 9.50. The molecule has 0 radical (unpaired) electrons. The minimum atomic E-state index is 0.0567. The first-order valence-electron chi connectivity index (χ1n) is 13.0. The summed E-state index contributed by atoms with van der Waals surface area (Å²) in [7, 11) is 0. The van der Waals surface area contributed by atoms with Gasteiger partial charge in [0.2, 0.25) is 17.8 Å². The van der Waals surface area contributed by atoms with Crippen molar-refractivity contribution in [2.45, 2.75) is 26.2 Å². The molecule has 1 aliphatic rings. The number of hydrogen-bond donors (Lipinski definition) is 7. The number of aromatic amines is 2. The molecule has 0 spiro atoms. The maximum atomic E-state index is 5.43. The van der Waals surface area contributed by atoms with Crippen LogP contribution in [-0.2, 0) is 19.3 Å². The van der Waals surface area contributed by atoms with Gasteiger partial charge in [0, 0.05) is 48.6 Å². The highest BCUT2D eigenvalue weighted by molar-refractivity contribution is 5.83. The lowest BCUT2D eigenvalue weighted by Crippen LogP contribution is -2.24. The molecule has 1 unspecified atom stereocenters. The Bertz CT molecular complexity index is 1430. The maximum absolute atomic E-state index is 5.43. The molecule has 3 heterocycles. The molecule has 3 aromatic heterocycles. The fourth-order valence-corrected chi connectivity index (χ4v) is 4.70. The van der Waals surface area contributed by atoms with Crippen molar-refractivity contribution < 1.29 is 0 Å². The summed E-state index contributed by atoms with van der Waals surface area (Å²) < 4.78 is 0. The highest BCUT2D eigenvalue weighted by Gasteiger charge is 2.16. The standard InChI is InChI=1S/C27H35N11/c1-17-6-7-23-21(14-17)19(16-35-23)9-11-32-26-36-25(37-27(38-26)33-13-12-30-24(28)29)31-10-8-18-15-34-22-5-3-2-4-20(18)22/h2-7,15-17,34-35H,8-14H2,1H3,(H4,28,29,30)(H3,31,32,33,36,37,38). The molecule has 9 N–H and O–H groups in total. The van der Waals surface area contributed by atoms with Gasteiger partial charge in [-0.1, -0.05) is 31.2 Å². The number of anilines is 3. The summed E-state index contributed by atoms with van der Waals surface area (Å²) in [4.78, 5) is 24.4. The molecular weight excluding hydrogens is 478 g/mol. The van der Waals surface area contributed by atoms with Crippen molar-refractivity contribution in [2.75, 3.05) is 42.1 Å². The van der Waals surface area contributed by atoms with E-state index in [1.54, 1.807) is 0 Å². The third-order valence-electron chi connectivity index (χ3n) is 6.59. The SMILES string of the molecule is CC1C=Cc2[nH]cc(CCNc3nc(NCCN=C(N)N)nc(NCCc4c[nH]c5ccccc45)n3)c2C1. The molecule has 5 rings (SSSR count). The van der Waals surface area contributed by atoms with Gasteiger partial charge in [0.05, 0.1) is 6.54 Å². The lowest BCUT2D eigenvalue weighted by atomic mass is 9.92. The van der Waals surface area contributed by atoms with E-state index in [4.69, 9.17) is 11.5 Å². The van der Waals surface area contributed by atoms with E-state index in [0.29, 0.717) is 49.9 Å². The molecular formula is C27H35N11. The van der Waals surface area contributed by atoms with Gasteiger partial charge in [-0.05, 0) is 54.0 Å². The molecule has 38 heavy (non-hydrogen) atoms. The van der Waals surface area contributed by atoms with Crippen LogP contribution in [0.15, 0.2) is 47.7 Å². The number of benzene rings is 1. The van der Waals surface area contributed by atoms with Crippen LogP contribution in [0.1, 0.15) is 29.3 Å². The van der Waals surface area contributed by atoms with Crippen LogP contribution in [0.5, 0.6) is 0 Å². The summed E-state index contributed by atoms with van der Waals surface area (Å²) in [5.74, 6) is 2.09. The third kappa shape index (κ3) is 6.23. The van der Waals surface area contributed by atoms with E-state index in [1.165, 1.54) is 27.8 Å². The summed E-state index contributed by atoms with van der Waals surface area (Å²) in [5, 5.41) is 11.1. The zero-order chi connectivity index (χ0) is 26.3. The van der Waals surface area contributed by atoms with Crippen molar-refractivity contribution in [3.8, 4) is 0 Å². The van der Waals surface area contributed by atoms with Crippen LogP contribution >= 0.6 is 0 Å². The number of nitrogens with one attached hydrogen (secondary N) is 5. The number of guanidine groups is 1. The number of nitrogens with two attached hydrogens (primary N) is 2. The Morgan fingerprint density at radius 2 is 1.58 bits per heavy atom. The van der Waals surface area contributed by atoms with Crippen LogP contribution in [-0.4, -0.2) is 57.1 Å². The van der Waals surface area contributed by atoms with E-state index in [-0.39, 0.29) is 5.96 Å². The van der Waals surface area contributed by atoms with Gasteiger partial charge < -0.3 is 37.4 Å². The number of aliphatic imine (C=N–C) groups is 1. The van der Waals surface area contributed by atoms with E-state index in [0.717, 1.165) is 24.8 Å². The number of para-hydroxylation sites is 1. The van der Waals surface area contributed by atoms with Crippen LogP contribution in [0, 0.1) is 5.92 Å². The molecule has 11 heteroatoms. The number of aromatic nitrogens is 5. The van der Waals surface area contributed by atoms with E-state index in [1.807, 2.05) is 6.07 Å². The van der Waals surface area contributed by atoms with Crippen LogP contribution in [0.25, 0.3) is 17.0 Å². The van der Waals surface area contributed by atoms with E-state index in [2.05, 4.69) is 95.5 Å². The molecule has 0 bridgehead atoms. The summed E-state index contributed by atoms with van der Waals surface area (Å²) in [5.41, 5.74) is 17.2. The predicted octanol–water partition coefficient (Wildman–Crippen LogP) is 2.88. The van der Waals surface area contributed by atoms with Gasteiger partial charge in [-0.15, -0.1) is 0 Å². The number of H-pyrrole nitrogens is 2. The number of allylic oxidation sites excluding steroid dienone is 1. The van der Waals surface area contributed by atoms with Crippen LogP contribution in [0.4, 0.5) is 17.8 Å². The zero-order valence-electron chi connectivity index (χ0n) is 21.6. The largest absolute Gasteiger partial charge is 0.370 e. The average molecular weight is 514 g/mol. The first-order chi connectivity index (χ1) is 18.5. The Balaban J connectivity index is 1.23.